The quantitative estimate of drug-likeness (QED) is 0.903. The maximum atomic E-state index is 6.00. The van der Waals surface area contributed by atoms with Gasteiger partial charge in [0.1, 0.15) is 0 Å². The molecule has 2 nitrogen and oxygen atoms in total. The van der Waals surface area contributed by atoms with Crippen molar-refractivity contribution in [3.63, 3.8) is 0 Å². The van der Waals surface area contributed by atoms with E-state index in [0.717, 1.165) is 19.2 Å². The van der Waals surface area contributed by atoms with Crippen molar-refractivity contribution in [2.24, 2.45) is 5.92 Å². The van der Waals surface area contributed by atoms with Gasteiger partial charge < -0.3 is 10.1 Å². The molecule has 3 rings (SSSR count). The third-order valence-electron chi connectivity index (χ3n) is 4.11. The van der Waals surface area contributed by atoms with Crippen LogP contribution in [0.2, 0.25) is 0 Å². The summed E-state index contributed by atoms with van der Waals surface area (Å²) in [5.74, 6) is 0.659. The first kappa shape index (κ1) is 13.6. The monoisotopic (exact) mass is 279 g/mol. The van der Waals surface area contributed by atoms with Crippen molar-refractivity contribution in [3.8, 4) is 0 Å². The van der Waals surface area contributed by atoms with Crippen molar-refractivity contribution < 1.29 is 4.74 Å². The fourth-order valence-electron chi connectivity index (χ4n) is 2.67. The second-order valence-corrected chi connectivity index (χ2v) is 8.09. The fourth-order valence-corrected chi connectivity index (χ4v) is 3.88. The molecule has 2 atom stereocenters. The van der Waals surface area contributed by atoms with E-state index in [-0.39, 0.29) is 5.41 Å². The molecular weight excluding hydrogens is 254 g/mol. The van der Waals surface area contributed by atoms with Crippen LogP contribution in [-0.4, -0.2) is 19.2 Å². The van der Waals surface area contributed by atoms with Gasteiger partial charge in [-0.3, -0.25) is 0 Å². The predicted octanol–water partition coefficient (Wildman–Crippen LogP) is 3.88. The Balaban J connectivity index is 1.67. The van der Waals surface area contributed by atoms with Crippen LogP contribution >= 0.6 is 11.3 Å². The summed E-state index contributed by atoms with van der Waals surface area (Å²) in [5.41, 5.74) is 0.253. The zero-order valence-electron chi connectivity index (χ0n) is 12.2. The molecule has 19 heavy (non-hydrogen) atoms. The second kappa shape index (κ2) is 5.19. The summed E-state index contributed by atoms with van der Waals surface area (Å²) >= 11 is 1.94. The fraction of sp³-hybridized carbons (Fsp3) is 0.750. The number of hydrogen-bond donors (Lipinski definition) is 1. The van der Waals surface area contributed by atoms with E-state index in [9.17, 15) is 0 Å². The van der Waals surface area contributed by atoms with Gasteiger partial charge in [0.05, 0.1) is 6.10 Å². The molecule has 2 aliphatic rings. The Hall–Kier alpha value is -0.380. The van der Waals surface area contributed by atoms with Gasteiger partial charge in [-0.2, -0.15) is 0 Å². The normalized spacial score (nSPS) is 27.9. The lowest BCUT2D eigenvalue weighted by molar-refractivity contribution is 0.0933. The highest BCUT2D eigenvalue weighted by Crippen LogP contribution is 2.40. The molecule has 1 aromatic heterocycles. The number of ether oxygens (including phenoxy) is 1. The van der Waals surface area contributed by atoms with Crippen LogP contribution < -0.4 is 5.32 Å². The Morgan fingerprint density at radius 3 is 2.68 bits per heavy atom. The predicted molar refractivity (Wildman–Crippen MR) is 80.8 cm³/mol. The average molecular weight is 279 g/mol. The molecule has 2 heterocycles. The molecule has 1 N–H and O–H groups in total. The van der Waals surface area contributed by atoms with Crippen molar-refractivity contribution in [1.82, 2.24) is 5.32 Å². The van der Waals surface area contributed by atoms with Gasteiger partial charge in [-0.15, -0.1) is 11.3 Å². The lowest BCUT2D eigenvalue weighted by Crippen LogP contribution is -2.26. The van der Waals surface area contributed by atoms with Crippen LogP contribution in [0.15, 0.2) is 12.1 Å². The van der Waals surface area contributed by atoms with Crippen molar-refractivity contribution in [2.45, 2.75) is 57.6 Å². The van der Waals surface area contributed by atoms with Gasteiger partial charge in [-0.1, -0.05) is 20.8 Å². The van der Waals surface area contributed by atoms with Crippen LogP contribution in [0.3, 0.4) is 0 Å². The zero-order valence-corrected chi connectivity index (χ0v) is 13.1. The van der Waals surface area contributed by atoms with Crippen LogP contribution in [-0.2, 0) is 10.2 Å². The Morgan fingerprint density at radius 1 is 1.26 bits per heavy atom. The van der Waals surface area contributed by atoms with E-state index >= 15 is 0 Å². The van der Waals surface area contributed by atoms with E-state index in [4.69, 9.17) is 4.74 Å². The molecule has 1 aliphatic carbocycles. The molecule has 0 amide bonds. The third kappa shape index (κ3) is 3.21. The third-order valence-corrected chi connectivity index (χ3v) is 5.68. The first-order valence-electron chi connectivity index (χ1n) is 7.49. The minimum atomic E-state index is 0.253. The maximum Gasteiger partial charge on any atom is 0.0957 e. The molecule has 0 radical (unpaired) electrons. The molecule has 2 unspecified atom stereocenters. The molecule has 0 spiro atoms. The van der Waals surface area contributed by atoms with Crippen LogP contribution in [0.5, 0.6) is 0 Å². The number of rotatable bonds is 4. The Labute approximate surface area is 120 Å². The van der Waals surface area contributed by atoms with Gasteiger partial charge in [0.15, 0.2) is 0 Å². The number of nitrogens with one attached hydrogen (secondary N) is 1. The highest BCUT2D eigenvalue weighted by atomic mass is 32.1. The SMILES string of the molecule is CC(C)(C)c1ccc(C2OCCC2CNC2CC2)s1. The van der Waals surface area contributed by atoms with E-state index in [1.807, 2.05) is 11.3 Å². The maximum absolute atomic E-state index is 6.00. The summed E-state index contributed by atoms with van der Waals surface area (Å²) in [7, 11) is 0. The lowest BCUT2D eigenvalue weighted by atomic mass is 9.95. The van der Waals surface area contributed by atoms with Crippen LogP contribution in [0, 0.1) is 5.92 Å². The topological polar surface area (TPSA) is 21.3 Å². The van der Waals surface area contributed by atoms with Gasteiger partial charge in [0.25, 0.3) is 0 Å². The molecule has 1 saturated heterocycles. The van der Waals surface area contributed by atoms with E-state index < -0.39 is 0 Å². The molecule has 2 fully saturated rings. The minimum Gasteiger partial charge on any atom is -0.372 e. The summed E-state index contributed by atoms with van der Waals surface area (Å²) in [6.07, 6.45) is 4.26. The molecule has 0 aromatic carbocycles. The lowest BCUT2D eigenvalue weighted by Gasteiger charge is -2.19. The van der Waals surface area contributed by atoms with Gasteiger partial charge in [-0.05, 0) is 36.8 Å². The minimum absolute atomic E-state index is 0.253. The summed E-state index contributed by atoms with van der Waals surface area (Å²) in [5, 5.41) is 3.66. The summed E-state index contributed by atoms with van der Waals surface area (Å²) in [4.78, 5) is 2.89. The van der Waals surface area contributed by atoms with E-state index in [0.29, 0.717) is 12.0 Å². The number of thiophene rings is 1. The van der Waals surface area contributed by atoms with E-state index in [1.54, 1.807) is 0 Å². The van der Waals surface area contributed by atoms with E-state index in [1.165, 1.54) is 29.0 Å². The smallest absolute Gasteiger partial charge is 0.0957 e. The highest BCUT2D eigenvalue weighted by Gasteiger charge is 2.33. The molecule has 3 heteroatoms. The average Bonchev–Trinajstić information content (AvgIpc) is 2.87. The zero-order chi connectivity index (χ0) is 13.5. The Kier molecular flexibility index (Phi) is 3.71. The molecule has 0 bridgehead atoms. The van der Waals surface area contributed by atoms with Crippen molar-refractivity contribution >= 4 is 11.3 Å². The molecular formula is C16H25NOS. The van der Waals surface area contributed by atoms with Crippen molar-refractivity contribution in [1.29, 1.82) is 0 Å². The number of hydrogen-bond acceptors (Lipinski definition) is 3. The van der Waals surface area contributed by atoms with Gasteiger partial charge in [-0.25, -0.2) is 0 Å². The second-order valence-electron chi connectivity index (χ2n) is 6.97. The van der Waals surface area contributed by atoms with Crippen LogP contribution in [0.25, 0.3) is 0 Å². The largest absolute Gasteiger partial charge is 0.372 e. The summed E-state index contributed by atoms with van der Waals surface area (Å²) in [6.45, 7) is 8.89. The Bertz CT molecular complexity index is 430. The van der Waals surface area contributed by atoms with Gasteiger partial charge in [0.2, 0.25) is 0 Å². The summed E-state index contributed by atoms with van der Waals surface area (Å²) in [6, 6.07) is 5.37. The molecule has 1 aliphatic heterocycles. The van der Waals surface area contributed by atoms with Crippen molar-refractivity contribution in [2.75, 3.05) is 13.2 Å². The van der Waals surface area contributed by atoms with Crippen molar-refractivity contribution in [3.05, 3.63) is 21.9 Å². The molecule has 1 saturated carbocycles. The highest BCUT2D eigenvalue weighted by molar-refractivity contribution is 7.12. The standard InChI is InChI=1S/C16H25NOS/c1-16(2,3)14-7-6-13(19-14)15-11(8-9-18-15)10-17-12-4-5-12/h6-7,11-12,15,17H,4-5,8-10H2,1-3H3. The van der Waals surface area contributed by atoms with Gasteiger partial charge in [0, 0.05) is 34.9 Å². The first-order valence-corrected chi connectivity index (χ1v) is 8.31. The van der Waals surface area contributed by atoms with Crippen LogP contribution in [0.1, 0.15) is 55.9 Å². The molecule has 106 valence electrons. The first-order chi connectivity index (χ1) is 9.04. The summed E-state index contributed by atoms with van der Waals surface area (Å²) < 4.78 is 6.00. The Morgan fingerprint density at radius 2 is 2.05 bits per heavy atom. The van der Waals surface area contributed by atoms with E-state index in [2.05, 4.69) is 38.2 Å². The van der Waals surface area contributed by atoms with Crippen LogP contribution in [0.4, 0.5) is 0 Å². The van der Waals surface area contributed by atoms with Gasteiger partial charge >= 0.3 is 0 Å². The molecule has 1 aromatic rings.